The highest BCUT2D eigenvalue weighted by atomic mass is 32.1. The summed E-state index contributed by atoms with van der Waals surface area (Å²) in [6, 6.07) is 6.55. The minimum atomic E-state index is -0.344. The first-order valence-electron chi connectivity index (χ1n) is 11.1. The van der Waals surface area contributed by atoms with Crippen molar-refractivity contribution in [3.8, 4) is 5.75 Å². The van der Waals surface area contributed by atoms with Gasteiger partial charge in [-0.05, 0) is 25.1 Å². The molecule has 0 aliphatic carbocycles. The maximum absolute atomic E-state index is 13.9. The molecule has 2 aliphatic heterocycles. The maximum atomic E-state index is 13.9. The summed E-state index contributed by atoms with van der Waals surface area (Å²) < 4.78 is 30.9. The molecule has 1 aromatic carbocycles. The van der Waals surface area contributed by atoms with Crippen LogP contribution >= 0.6 is 12.2 Å². The summed E-state index contributed by atoms with van der Waals surface area (Å²) in [7, 11) is 0. The average molecular weight is 487 g/mol. The molecule has 1 saturated heterocycles. The maximum Gasteiger partial charge on any atom is 0.256 e. The van der Waals surface area contributed by atoms with Crippen LogP contribution in [0.5, 0.6) is 5.75 Å². The Morgan fingerprint density at radius 2 is 2.24 bits per heavy atom. The Morgan fingerprint density at radius 1 is 1.35 bits per heavy atom. The standard InChI is InChI=1S/C24H27FN4O4S/c1-15-18(25)3-2-4-19(15)29-24(34)22-20(6-8-27-23(22)30)28-11-16-5-7-26-12-21(16)33-14-17-13-31-9-10-32-17/h2-5,7,12,17,28H,6,8-11,13-14H2,1H3,(H,27,30)(H,29,34). The van der Waals surface area contributed by atoms with Gasteiger partial charge in [-0.3, -0.25) is 9.78 Å². The lowest BCUT2D eigenvalue weighted by atomic mass is 10.1. The van der Waals surface area contributed by atoms with Gasteiger partial charge >= 0.3 is 0 Å². The molecule has 1 fully saturated rings. The van der Waals surface area contributed by atoms with Crippen LogP contribution in [0.15, 0.2) is 47.9 Å². The van der Waals surface area contributed by atoms with E-state index in [2.05, 4.69) is 20.9 Å². The molecular formula is C24H27FN4O4S. The minimum Gasteiger partial charge on any atom is -0.489 e. The first kappa shape index (κ1) is 24.1. The van der Waals surface area contributed by atoms with E-state index in [0.29, 0.717) is 74.2 Å². The van der Waals surface area contributed by atoms with Crippen LogP contribution in [-0.4, -0.2) is 55.0 Å². The first-order chi connectivity index (χ1) is 16.5. The van der Waals surface area contributed by atoms with E-state index in [1.807, 2.05) is 6.07 Å². The molecule has 180 valence electrons. The predicted octanol–water partition coefficient (Wildman–Crippen LogP) is 2.63. The smallest absolute Gasteiger partial charge is 0.256 e. The van der Waals surface area contributed by atoms with Crippen LogP contribution in [0.1, 0.15) is 17.5 Å². The third kappa shape index (κ3) is 5.88. The van der Waals surface area contributed by atoms with E-state index < -0.39 is 0 Å². The van der Waals surface area contributed by atoms with Gasteiger partial charge in [-0.15, -0.1) is 0 Å². The van der Waals surface area contributed by atoms with E-state index in [1.54, 1.807) is 31.5 Å². The summed E-state index contributed by atoms with van der Waals surface area (Å²) in [4.78, 5) is 17.1. The Hall–Kier alpha value is -3.08. The second-order valence-corrected chi connectivity index (χ2v) is 8.35. The lowest BCUT2D eigenvalue weighted by Crippen LogP contribution is -2.39. The summed E-state index contributed by atoms with van der Waals surface area (Å²) in [5.74, 6) is 0.00672. The van der Waals surface area contributed by atoms with Gasteiger partial charge < -0.3 is 30.2 Å². The lowest BCUT2D eigenvalue weighted by molar-refractivity contribution is -0.117. The number of anilines is 1. The molecule has 34 heavy (non-hydrogen) atoms. The number of pyridine rings is 1. The molecule has 3 N–H and O–H groups in total. The number of rotatable bonds is 8. The number of benzene rings is 1. The van der Waals surface area contributed by atoms with Crippen molar-refractivity contribution < 1.29 is 23.4 Å². The topological polar surface area (TPSA) is 93.7 Å². The monoisotopic (exact) mass is 486 g/mol. The minimum absolute atomic E-state index is 0.124. The zero-order chi connectivity index (χ0) is 23.9. The van der Waals surface area contributed by atoms with Crippen LogP contribution in [0.4, 0.5) is 10.1 Å². The summed E-state index contributed by atoms with van der Waals surface area (Å²) >= 11 is 5.53. The fraction of sp³-hybridized carbons (Fsp3) is 0.375. The number of hydrogen-bond donors (Lipinski definition) is 3. The van der Waals surface area contributed by atoms with Gasteiger partial charge in [0.05, 0.1) is 31.6 Å². The number of carbonyl (C=O) groups is 1. The molecule has 0 saturated carbocycles. The van der Waals surface area contributed by atoms with Crippen molar-refractivity contribution in [2.45, 2.75) is 26.0 Å². The Bertz CT molecular complexity index is 1090. The molecule has 2 aromatic rings. The molecule has 0 bridgehead atoms. The average Bonchev–Trinajstić information content (AvgIpc) is 2.85. The van der Waals surface area contributed by atoms with Crippen molar-refractivity contribution >= 4 is 28.8 Å². The molecule has 0 radical (unpaired) electrons. The summed E-state index contributed by atoms with van der Waals surface area (Å²) in [5.41, 5.74) is 2.89. The number of nitrogens with one attached hydrogen (secondary N) is 3. The van der Waals surface area contributed by atoms with Crippen LogP contribution in [-0.2, 0) is 20.8 Å². The van der Waals surface area contributed by atoms with Gasteiger partial charge in [-0.25, -0.2) is 4.39 Å². The second-order valence-electron chi connectivity index (χ2n) is 7.94. The number of ether oxygens (including phenoxy) is 3. The van der Waals surface area contributed by atoms with Gasteiger partial charge in [0.1, 0.15) is 29.3 Å². The van der Waals surface area contributed by atoms with Gasteiger partial charge in [-0.1, -0.05) is 18.3 Å². The van der Waals surface area contributed by atoms with E-state index in [9.17, 15) is 9.18 Å². The highest BCUT2D eigenvalue weighted by molar-refractivity contribution is 7.81. The van der Waals surface area contributed by atoms with Crippen molar-refractivity contribution in [1.82, 2.24) is 15.6 Å². The van der Waals surface area contributed by atoms with Crippen LogP contribution in [0, 0.1) is 12.7 Å². The van der Waals surface area contributed by atoms with Crippen molar-refractivity contribution in [3.63, 3.8) is 0 Å². The molecule has 1 atom stereocenters. The zero-order valence-corrected chi connectivity index (χ0v) is 19.7. The molecular weight excluding hydrogens is 459 g/mol. The lowest BCUT2D eigenvalue weighted by Gasteiger charge is -2.25. The number of aromatic nitrogens is 1. The van der Waals surface area contributed by atoms with E-state index in [-0.39, 0.29) is 22.8 Å². The fourth-order valence-electron chi connectivity index (χ4n) is 3.70. The zero-order valence-electron chi connectivity index (χ0n) is 18.9. The van der Waals surface area contributed by atoms with Crippen LogP contribution in [0.3, 0.4) is 0 Å². The largest absolute Gasteiger partial charge is 0.489 e. The third-order valence-electron chi connectivity index (χ3n) is 5.60. The predicted molar refractivity (Wildman–Crippen MR) is 129 cm³/mol. The van der Waals surface area contributed by atoms with Gasteiger partial charge in [0, 0.05) is 48.2 Å². The van der Waals surface area contributed by atoms with E-state index >= 15 is 0 Å². The Kier molecular flexibility index (Phi) is 8.04. The Balaban J connectivity index is 1.47. The van der Waals surface area contributed by atoms with Crippen LogP contribution in [0.25, 0.3) is 0 Å². The van der Waals surface area contributed by atoms with Crippen molar-refractivity contribution in [3.05, 3.63) is 64.9 Å². The normalized spacial score (nSPS) is 18.3. The number of nitrogens with zero attached hydrogens (tertiary/aromatic N) is 1. The molecule has 8 nitrogen and oxygen atoms in total. The summed E-state index contributed by atoms with van der Waals surface area (Å²) in [6.07, 6.45) is 3.80. The quantitative estimate of drug-likeness (QED) is 0.491. The number of carbonyl (C=O) groups excluding carboxylic acids is 1. The van der Waals surface area contributed by atoms with E-state index in [1.165, 1.54) is 6.07 Å². The number of amides is 1. The molecule has 2 aliphatic rings. The molecule has 10 heteroatoms. The molecule has 3 heterocycles. The molecule has 4 rings (SSSR count). The highest BCUT2D eigenvalue weighted by Crippen LogP contribution is 2.22. The Morgan fingerprint density at radius 3 is 3.06 bits per heavy atom. The van der Waals surface area contributed by atoms with Gasteiger partial charge in [0.2, 0.25) is 0 Å². The highest BCUT2D eigenvalue weighted by Gasteiger charge is 2.25. The van der Waals surface area contributed by atoms with Crippen molar-refractivity contribution in [2.24, 2.45) is 0 Å². The molecule has 1 unspecified atom stereocenters. The van der Waals surface area contributed by atoms with Crippen LogP contribution < -0.4 is 20.7 Å². The summed E-state index contributed by atoms with van der Waals surface area (Å²) in [6.45, 7) is 4.56. The van der Waals surface area contributed by atoms with Gasteiger partial charge in [-0.2, -0.15) is 0 Å². The fourth-order valence-corrected chi connectivity index (χ4v) is 4.02. The third-order valence-corrected chi connectivity index (χ3v) is 5.91. The number of thiocarbonyl (C=S) groups is 1. The molecule has 1 amide bonds. The van der Waals surface area contributed by atoms with Gasteiger partial charge in [0.15, 0.2) is 0 Å². The van der Waals surface area contributed by atoms with E-state index in [0.717, 1.165) is 5.56 Å². The first-order valence-corrected chi connectivity index (χ1v) is 11.5. The summed E-state index contributed by atoms with van der Waals surface area (Å²) in [5, 5.41) is 9.18. The van der Waals surface area contributed by atoms with E-state index in [4.69, 9.17) is 26.4 Å². The molecule has 1 aromatic heterocycles. The number of hydrogen-bond acceptors (Lipinski definition) is 7. The Labute approximate surface area is 202 Å². The van der Waals surface area contributed by atoms with Crippen molar-refractivity contribution in [1.29, 1.82) is 0 Å². The SMILES string of the molecule is Cc1c(F)cccc1NC(=S)C1=C(NCc2ccncc2OCC2COCCO2)CCNC1=O. The molecule has 0 spiro atoms. The van der Waals surface area contributed by atoms with Crippen molar-refractivity contribution in [2.75, 3.05) is 38.3 Å². The second kappa shape index (κ2) is 11.4. The van der Waals surface area contributed by atoms with Crippen LogP contribution in [0.2, 0.25) is 0 Å². The van der Waals surface area contributed by atoms with Gasteiger partial charge in [0.25, 0.3) is 5.91 Å². The number of halogens is 1.